The Kier molecular flexibility index (Phi) is 3.53. The third kappa shape index (κ3) is 2.57. The van der Waals surface area contributed by atoms with Crippen LogP contribution in [0, 0.1) is 0 Å². The van der Waals surface area contributed by atoms with Crippen LogP contribution < -0.4 is 4.72 Å². The van der Waals surface area contributed by atoms with Crippen molar-refractivity contribution in [1.29, 1.82) is 0 Å². The summed E-state index contributed by atoms with van der Waals surface area (Å²) in [5.74, 6) is -0.686. The monoisotopic (exact) mass is 313 g/mol. The fraction of sp³-hybridized carbons (Fsp3) is 0.692. The zero-order chi connectivity index (χ0) is 15.1. The van der Waals surface area contributed by atoms with Gasteiger partial charge >= 0.3 is 5.97 Å². The van der Waals surface area contributed by atoms with E-state index in [1.54, 1.807) is 0 Å². The second-order valence-electron chi connectivity index (χ2n) is 5.94. The maximum Gasteiger partial charge on any atom is 0.353 e. The van der Waals surface area contributed by atoms with E-state index in [-0.39, 0.29) is 10.9 Å². The van der Waals surface area contributed by atoms with Crippen molar-refractivity contribution in [2.24, 2.45) is 0 Å². The molecule has 116 valence electrons. The van der Waals surface area contributed by atoms with Crippen molar-refractivity contribution in [3.8, 4) is 0 Å². The van der Waals surface area contributed by atoms with Gasteiger partial charge < -0.3 is 10.1 Å². The summed E-state index contributed by atoms with van der Waals surface area (Å²) in [6, 6.07) is 0. The van der Waals surface area contributed by atoms with E-state index in [4.69, 9.17) is 5.11 Å². The number of aromatic nitrogens is 2. The average Bonchev–Trinajstić information content (AvgIpc) is 3.04. The fourth-order valence-electron chi connectivity index (χ4n) is 3.14. The summed E-state index contributed by atoms with van der Waals surface area (Å²) in [5.41, 5.74) is -0.772. The molecule has 0 saturated heterocycles. The van der Waals surface area contributed by atoms with Gasteiger partial charge in [0.25, 0.3) is 0 Å². The molecule has 2 aliphatic carbocycles. The first-order valence-electron chi connectivity index (χ1n) is 7.24. The molecule has 0 amide bonds. The average molecular weight is 313 g/mol. The van der Waals surface area contributed by atoms with Gasteiger partial charge in [-0.05, 0) is 32.1 Å². The lowest BCUT2D eigenvalue weighted by Crippen LogP contribution is -2.53. The summed E-state index contributed by atoms with van der Waals surface area (Å²) in [7, 11) is -3.40. The Morgan fingerprint density at radius 1 is 1.33 bits per heavy atom. The lowest BCUT2D eigenvalue weighted by molar-refractivity contribution is 0.0690. The Morgan fingerprint density at radius 2 is 2.00 bits per heavy atom. The number of H-pyrrole nitrogens is 1. The molecule has 1 heterocycles. The van der Waals surface area contributed by atoms with E-state index in [2.05, 4.69) is 14.7 Å². The zero-order valence-electron chi connectivity index (χ0n) is 11.6. The summed E-state index contributed by atoms with van der Waals surface area (Å²) in [6.45, 7) is 0. The molecule has 3 N–H and O–H groups in total. The number of aromatic amines is 1. The standard InChI is InChI=1S/C13H19N3O4S/c17-11(18)10-8-14-12(15-10)13(6-3-7-13)16-21(19,20)9-4-1-2-5-9/h8-9,16H,1-7H2,(H,14,15)(H,17,18). The van der Waals surface area contributed by atoms with Crippen molar-refractivity contribution >= 4 is 16.0 Å². The van der Waals surface area contributed by atoms with Crippen LogP contribution in [0.5, 0.6) is 0 Å². The van der Waals surface area contributed by atoms with Gasteiger partial charge in [-0.3, -0.25) is 0 Å². The number of carbonyl (C=O) groups is 1. The maximum absolute atomic E-state index is 12.5. The molecule has 0 unspecified atom stereocenters. The lowest BCUT2D eigenvalue weighted by Gasteiger charge is -2.41. The van der Waals surface area contributed by atoms with E-state index in [1.807, 2.05) is 0 Å². The third-order valence-corrected chi connectivity index (χ3v) is 6.57. The predicted molar refractivity (Wildman–Crippen MR) is 75.4 cm³/mol. The first-order valence-corrected chi connectivity index (χ1v) is 8.79. The minimum Gasteiger partial charge on any atom is -0.477 e. The van der Waals surface area contributed by atoms with Crippen molar-refractivity contribution in [1.82, 2.24) is 14.7 Å². The molecule has 0 atom stereocenters. The van der Waals surface area contributed by atoms with Crippen molar-refractivity contribution < 1.29 is 18.3 Å². The number of rotatable bonds is 5. The quantitative estimate of drug-likeness (QED) is 0.759. The summed E-state index contributed by atoms with van der Waals surface area (Å²) in [4.78, 5) is 17.7. The normalized spacial score (nSPS) is 22.1. The van der Waals surface area contributed by atoms with Gasteiger partial charge in [-0.2, -0.15) is 0 Å². The Hall–Kier alpha value is -1.41. The Balaban J connectivity index is 1.84. The highest BCUT2D eigenvalue weighted by Gasteiger charge is 2.46. The van der Waals surface area contributed by atoms with Gasteiger partial charge in [0.05, 0.1) is 17.0 Å². The summed E-state index contributed by atoms with van der Waals surface area (Å²) in [5, 5.41) is 8.62. The van der Waals surface area contributed by atoms with E-state index in [0.717, 1.165) is 19.3 Å². The van der Waals surface area contributed by atoms with Crippen molar-refractivity contribution in [3.63, 3.8) is 0 Å². The first-order chi connectivity index (χ1) is 9.93. The van der Waals surface area contributed by atoms with Crippen LogP contribution in [0.4, 0.5) is 0 Å². The molecule has 1 aromatic rings. The summed E-state index contributed by atoms with van der Waals surface area (Å²) >= 11 is 0. The van der Waals surface area contributed by atoms with E-state index in [1.165, 1.54) is 6.20 Å². The second-order valence-corrected chi connectivity index (χ2v) is 7.90. The molecule has 1 aromatic heterocycles. The molecule has 0 aliphatic heterocycles. The van der Waals surface area contributed by atoms with Crippen molar-refractivity contribution in [3.05, 3.63) is 17.7 Å². The highest BCUT2D eigenvalue weighted by atomic mass is 32.2. The number of aromatic carboxylic acids is 1. The molecule has 0 bridgehead atoms. The number of nitrogens with zero attached hydrogens (tertiary/aromatic N) is 1. The third-order valence-electron chi connectivity index (χ3n) is 4.55. The summed E-state index contributed by atoms with van der Waals surface area (Å²) < 4.78 is 27.8. The van der Waals surface area contributed by atoms with Crippen LogP contribution in [-0.4, -0.2) is 34.7 Å². The molecular formula is C13H19N3O4S. The highest BCUT2D eigenvalue weighted by molar-refractivity contribution is 7.90. The molecule has 8 heteroatoms. The lowest BCUT2D eigenvalue weighted by atomic mass is 9.77. The van der Waals surface area contributed by atoms with Crippen molar-refractivity contribution in [2.75, 3.05) is 0 Å². The second kappa shape index (κ2) is 5.10. The molecular weight excluding hydrogens is 294 g/mol. The molecule has 0 spiro atoms. The molecule has 2 saturated carbocycles. The minimum absolute atomic E-state index is 0.0173. The van der Waals surface area contributed by atoms with Crippen LogP contribution in [0.15, 0.2) is 6.20 Å². The van der Waals surface area contributed by atoms with Crippen LogP contribution in [-0.2, 0) is 15.6 Å². The number of carboxylic acid groups (broad SMARTS) is 1. The largest absolute Gasteiger partial charge is 0.477 e. The molecule has 2 fully saturated rings. The van der Waals surface area contributed by atoms with Gasteiger partial charge in [0.2, 0.25) is 10.0 Å². The van der Waals surface area contributed by atoms with Gasteiger partial charge in [-0.15, -0.1) is 0 Å². The van der Waals surface area contributed by atoms with Gasteiger partial charge in [0, 0.05) is 0 Å². The number of hydrogen-bond donors (Lipinski definition) is 3. The van der Waals surface area contributed by atoms with Crippen LogP contribution in [0.2, 0.25) is 0 Å². The van der Waals surface area contributed by atoms with Gasteiger partial charge in [0.15, 0.2) is 0 Å². The SMILES string of the molecule is O=C(O)c1cnc(C2(NS(=O)(=O)C3CCCC3)CCC2)[nH]1. The predicted octanol–water partition coefficient (Wildman–Crippen LogP) is 1.35. The van der Waals surface area contributed by atoms with E-state index in [0.29, 0.717) is 31.5 Å². The summed E-state index contributed by atoms with van der Waals surface area (Å²) in [6.07, 6.45) is 6.72. The molecule has 7 nitrogen and oxygen atoms in total. The van der Waals surface area contributed by atoms with E-state index < -0.39 is 21.5 Å². The van der Waals surface area contributed by atoms with E-state index >= 15 is 0 Å². The number of imidazole rings is 1. The zero-order valence-corrected chi connectivity index (χ0v) is 12.4. The minimum atomic E-state index is -3.40. The van der Waals surface area contributed by atoms with Crippen LogP contribution >= 0.6 is 0 Å². The number of nitrogens with one attached hydrogen (secondary N) is 2. The molecule has 0 radical (unpaired) electrons. The van der Waals surface area contributed by atoms with Gasteiger partial charge in [0.1, 0.15) is 11.5 Å². The molecule has 2 aliphatic rings. The topological polar surface area (TPSA) is 112 Å². The Morgan fingerprint density at radius 3 is 2.48 bits per heavy atom. The van der Waals surface area contributed by atoms with E-state index in [9.17, 15) is 13.2 Å². The fourth-order valence-corrected chi connectivity index (χ4v) is 5.11. The first kappa shape index (κ1) is 14.5. The van der Waals surface area contributed by atoms with Gasteiger partial charge in [-0.1, -0.05) is 12.8 Å². The van der Waals surface area contributed by atoms with Crippen LogP contribution in [0.3, 0.4) is 0 Å². The molecule has 3 rings (SSSR count). The number of carboxylic acids is 1. The van der Waals surface area contributed by atoms with Crippen LogP contribution in [0.25, 0.3) is 0 Å². The molecule has 0 aromatic carbocycles. The smallest absolute Gasteiger partial charge is 0.353 e. The highest BCUT2D eigenvalue weighted by Crippen LogP contribution is 2.41. The number of hydrogen-bond acceptors (Lipinski definition) is 4. The Bertz CT molecular complexity index is 642. The van der Waals surface area contributed by atoms with Crippen LogP contribution in [0.1, 0.15) is 61.3 Å². The maximum atomic E-state index is 12.5. The van der Waals surface area contributed by atoms with Gasteiger partial charge in [-0.25, -0.2) is 22.9 Å². The Labute approximate surface area is 123 Å². The molecule has 21 heavy (non-hydrogen) atoms. The number of sulfonamides is 1. The van der Waals surface area contributed by atoms with Crippen molar-refractivity contribution in [2.45, 2.75) is 55.7 Å².